The number of carbonyl (C=O) groups is 1. The summed E-state index contributed by atoms with van der Waals surface area (Å²) in [6, 6.07) is 0. The van der Waals surface area contributed by atoms with Crippen LogP contribution in [0.25, 0.3) is 0 Å². The van der Waals surface area contributed by atoms with Crippen LogP contribution < -0.4 is 5.32 Å². The van der Waals surface area contributed by atoms with Gasteiger partial charge in [0.25, 0.3) is 5.91 Å². The molecule has 1 amide bonds. The van der Waals surface area contributed by atoms with Gasteiger partial charge in [0.1, 0.15) is 0 Å². The zero-order chi connectivity index (χ0) is 13.9. The molecule has 1 aliphatic rings. The van der Waals surface area contributed by atoms with E-state index in [9.17, 15) is 4.79 Å². The van der Waals surface area contributed by atoms with E-state index in [1.807, 2.05) is 14.0 Å². The molecule has 1 saturated carbocycles. The van der Waals surface area contributed by atoms with Crippen molar-refractivity contribution in [2.24, 2.45) is 12.5 Å². The van der Waals surface area contributed by atoms with Crippen molar-refractivity contribution in [3.8, 4) is 0 Å². The van der Waals surface area contributed by atoms with Crippen LogP contribution in [0.3, 0.4) is 0 Å². The molecule has 1 aliphatic carbocycles. The molecular formula is C14H22ClN3O. The van der Waals surface area contributed by atoms with Crippen LogP contribution in [-0.4, -0.2) is 28.1 Å². The van der Waals surface area contributed by atoms with Crippen LogP contribution in [0.1, 0.15) is 48.2 Å². The fourth-order valence-corrected chi connectivity index (χ4v) is 3.11. The van der Waals surface area contributed by atoms with Gasteiger partial charge in [-0.3, -0.25) is 9.48 Å². The van der Waals surface area contributed by atoms with Crippen molar-refractivity contribution in [3.63, 3.8) is 0 Å². The number of rotatable bonds is 4. The van der Waals surface area contributed by atoms with Gasteiger partial charge in [-0.25, -0.2) is 0 Å². The van der Waals surface area contributed by atoms with Gasteiger partial charge in [-0.05, 0) is 19.8 Å². The second kappa shape index (κ2) is 5.95. The smallest absolute Gasteiger partial charge is 0.254 e. The predicted molar refractivity (Wildman–Crippen MR) is 76.5 cm³/mol. The Hall–Kier alpha value is -1.03. The number of nitrogens with zero attached hydrogens (tertiary/aromatic N) is 2. The van der Waals surface area contributed by atoms with E-state index >= 15 is 0 Å². The average Bonchev–Trinajstić information content (AvgIpc) is 2.77. The highest BCUT2D eigenvalue weighted by Gasteiger charge is 2.31. The Morgan fingerprint density at radius 1 is 1.47 bits per heavy atom. The first kappa shape index (κ1) is 14.4. The second-order valence-corrected chi connectivity index (χ2v) is 5.91. The Morgan fingerprint density at radius 3 is 2.68 bits per heavy atom. The molecule has 1 aromatic rings. The van der Waals surface area contributed by atoms with E-state index in [-0.39, 0.29) is 11.3 Å². The molecule has 0 atom stereocenters. The molecular weight excluding hydrogens is 262 g/mol. The molecule has 1 fully saturated rings. The zero-order valence-electron chi connectivity index (χ0n) is 11.7. The minimum Gasteiger partial charge on any atom is -0.351 e. The van der Waals surface area contributed by atoms with Gasteiger partial charge in [-0.15, -0.1) is 11.6 Å². The lowest BCUT2D eigenvalue weighted by Crippen LogP contribution is -2.40. The van der Waals surface area contributed by atoms with Gasteiger partial charge in [-0.1, -0.05) is 19.3 Å². The van der Waals surface area contributed by atoms with Crippen LogP contribution in [0.5, 0.6) is 0 Å². The van der Waals surface area contributed by atoms with E-state index < -0.39 is 0 Å². The molecule has 1 N–H and O–H groups in total. The highest BCUT2D eigenvalue weighted by molar-refractivity contribution is 6.18. The maximum absolute atomic E-state index is 12.2. The van der Waals surface area contributed by atoms with Gasteiger partial charge in [0, 0.05) is 30.6 Å². The van der Waals surface area contributed by atoms with Crippen molar-refractivity contribution in [1.29, 1.82) is 0 Å². The van der Waals surface area contributed by atoms with Gasteiger partial charge in [0.15, 0.2) is 0 Å². The summed E-state index contributed by atoms with van der Waals surface area (Å²) in [5.74, 6) is 0.583. The molecule has 4 nitrogen and oxygen atoms in total. The molecule has 0 bridgehead atoms. The Kier molecular flexibility index (Phi) is 4.50. The normalized spacial score (nSPS) is 18.3. The van der Waals surface area contributed by atoms with Crippen LogP contribution in [0, 0.1) is 12.3 Å². The quantitative estimate of drug-likeness (QED) is 0.864. The number of hydrogen-bond donors (Lipinski definition) is 1. The van der Waals surface area contributed by atoms with Crippen LogP contribution in [-0.2, 0) is 7.05 Å². The zero-order valence-corrected chi connectivity index (χ0v) is 12.5. The molecule has 5 heteroatoms. The summed E-state index contributed by atoms with van der Waals surface area (Å²) in [5.41, 5.74) is 1.63. The van der Waals surface area contributed by atoms with Crippen LogP contribution in [0.4, 0.5) is 0 Å². The Bertz CT molecular complexity index is 450. The average molecular weight is 284 g/mol. The van der Waals surface area contributed by atoms with Crippen molar-refractivity contribution < 1.29 is 4.79 Å². The molecule has 0 aliphatic heterocycles. The lowest BCUT2D eigenvalue weighted by Gasteiger charge is -2.35. The summed E-state index contributed by atoms with van der Waals surface area (Å²) in [5, 5.41) is 7.14. The minimum absolute atomic E-state index is 0.0411. The summed E-state index contributed by atoms with van der Waals surface area (Å²) in [6.45, 7) is 2.57. The lowest BCUT2D eigenvalue weighted by atomic mass is 9.75. The van der Waals surface area contributed by atoms with Crippen molar-refractivity contribution in [1.82, 2.24) is 15.1 Å². The third kappa shape index (κ3) is 3.11. The molecule has 19 heavy (non-hydrogen) atoms. The number of aromatic nitrogens is 2. The molecule has 1 aromatic heterocycles. The Morgan fingerprint density at radius 2 is 2.16 bits per heavy atom. The summed E-state index contributed by atoms with van der Waals surface area (Å²) < 4.78 is 1.72. The SMILES string of the molecule is Cc1c(C(=O)NCC2(CCl)CCCCC2)cnn1C. The van der Waals surface area contributed by atoms with Crippen LogP contribution in [0.2, 0.25) is 0 Å². The number of aryl methyl sites for hydroxylation is 1. The van der Waals surface area contributed by atoms with E-state index in [0.717, 1.165) is 18.5 Å². The third-order valence-corrected chi connectivity index (χ3v) is 4.87. The van der Waals surface area contributed by atoms with Gasteiger partial charge >= 0.3 is 0 Å². The van der Waals surface area contributed by atoms with Gasteiger partial charge < -0.3 is 5.32 Å². The molecule has 0 spiro atoms. The van der Waals surface area contributed by atoms with Gasteiger partial charge in [-0.2, -0.15) is 5.10 Å². The van der Waals surface area contributed by atoms with Crippen molar-refractivity contribution in [3.05, 3.63) is 17.5 Å². The van der Waals surface area contributed by atoms with E-state index in [1.54, 1.807) is 10.9 Å². The third-order valence-electron chi connectivity index (χ3n) is 4.30. The number of amides is 1. The first-order chi connectivity index (χ1) is 9.08. The fourth-order valence-electron chi connectivity index (χ4n) is 2.74. The summed E-state index contributed by atoms with van der Waals surface area (Å²) in [6.07, 6.45) is 7.57. The molecule has 0 aromatic carbocycles. The largest absolute Gasteiger partial charge is 0.351 e. The maximum atomic E-state index is 12.2. The Labute approximate surface area is 119 Å². The Balaban J connectivity index is 1.97. The standard InChI is InChI=1S/C14H22ClN3O/c1-11-12(8-17-18(11)2)13(19)16-10-14(9-15)6-4-3-5-7-14/h8H,3-7,9-10H2,1-2H3,(H,16,19). The number of nitrogens with one attached hydrogen (secondary N) is 1. The summed E-state index contributed by atoms with van der Waals surface area (Å²) in [7, 11) is 1.84. The van der Waals surface area contributed by atoms with E-state index in [1.165, 1.54) is 19.3 Å². The number of alkyl halides is 1. The fraction of sp³-hybridized carbons (Fsp3) is 0.714. The van der Waals surface area contributed by atoms with Crippen molar-refractivity contribution in [2.45, 2.75) is 39.0 Å². The van der Waals surface area contributed by atoms with Gasteiger partial charge in [0.2, 0.25) is 0 Å². The second-order valence-electron chi connectivity index (χ2n) is 5.64. The molecule has 1 heterocycles. The number of halogens is 1. The first-order valence-corrected chi connectivity index (χ1v) is 7.44. The number of carbonyl (C=O) groups excluding carboxylic acids is 1. The molecule has 2 rings (SSSR count). The predicted octanol–water partition coefficient (Wildman–Crippen LogP) is 2.65. The highest BCUT2D eigenvalue weighted by atomic mass is 35.5. The number of hydrogen-bond acceptors (Lipinski definition) is 2. The van der Waals surface area contributed by atoms with Crippen LogP contribution >= 0.6 is 11.6 Å². The lowest BCUT2D eigenvalue weighted by molar-refractivity contribution is 0.0920. The molecule has 0 radical (unpaired) electrons. The van der Waals surface area contributed by atoms with Crippen molar-refractivity contribution >= 4 is 17.5 Å². The maximum Gasteiger partial charge on any atom is 0.254 e. The summed E-state index contributed by atoms with van der Waals surface area (Å²) in [4.78, 5) is 12.2. The summed E-state index contributed by atoms with van der Waals surface area (Å²) >= 11 is 6.13. The molecule has 0 saturated heterocycles. The molecule has 0 unspecified atom stereocenters. The highest BCUT2D eigenvalue weighted by Crippen LogP contribution is 2.36. The molecule has 106 valence electrons. The minimum atomic E-state index is -0.0411. The van der Waals surface area contributed by atoms with Gasteiger partial charge in [0.05, 0.1) is 11.8 Å². The topological polar surface area (TPSA) is 46.9 Å². The van der Waals surface area contributed by atoms with E-state index in [4.69, 9.17) is 11.6 Å². The van der Waals surface area contributed by atoms with Crippen molar-refractivity contribution in [2.75, 3.05) is 12.4 Å². The monoisotopic (exact) mass is 283 g/mol. The van der Waals surface area contributed by atoms with E-state index in [2.05, 4.69) is 10.4 Å². The van der Waals surface area contributed by atoms with Crippen LogP contribution in [0.15, 0.2) is 6.20 Å². The first-order valence-electron chi connectivity index (χ1n) is 6.91. The van der Waals surface area contributed by atoms with E-state index in [0.29, 0.717) is 18.0 Å².